The van der Waals surface area contributed by atoms with Gasteiger partial charge in [0.1, 0.15) is 12.8 Å². The Bertz CT molecular complexity index is 595. The number of para-hydroxylation sites is 2. The molecule has 0 aliphatic carbocycles. The summed E-state index contributed by atoms with van der Waals surface area (Å²) in [6, 6.07) is 7.86. The number of carbonyl (C=O) groups is 2. The maximum atomic E-state index is 12.2. The summed E-state index contributed by atoms with van der Waals surface area (Å²) < 4.78 is 4.58. The van der Waals surface area contributed by atoms with Gasteiger partial charge in [0.15, 0.2) is 5.69 Å². The molecule has 2 rings (SSSR count). The molecule has 7 heteroatoms. The first-order valence-electron chi connectivity index (χ1n) is 5.38. The lowest BCUT2D eigenvalue weighted by atomic mass is 10.2. The standard InChI is InChI=1S/C12H11N3O4/c13-8-3-1-2-4-10(8)15(7-11(16)17)12(18)9-5-6-19-14-9/h1-6H,7,13H2,(H,16,17). The number of anilines is 2. The van der Waals surface area contributed by atoms with Gasteiger partial charge < -0.3 is 15.4 Å². The number of hydrogen-bond acceptors (Lipinski definition) is 5. The second-order valence-electron chi connectivity index (χ2n) is 3.73. The number of aromatic nitrogens is 1. The van der Waals surface area contributed by atoms with Gasteiger partial charge in [0.2, 0.25) is 0 Å². The summed E-state index contributed by atoms with van der Waals surface area (Å²) in [7, 11) is 0. The molecule has 0 aliphatic rings. The van der Waals surface area contributed by atoms with Crippen molar-refractivity contribution in [1.29, 1.82) is 0 Å². The minimum Gasteiger partial charge on any atom is -0.480 e. The van der Waals surface area contributed by atoms with Crippen molar-refractivity contribution in [3.8, 4) is 0 Å². The second kappa shape index (κ2) is 5.21. The van der Waals surface area contributed by atoms with Crippen molar-refractivity contribution in [2.75, 3.05) is 17.2 Å². The number of nitrogens with zero attached hydrogens (tertiary/aromatic N) is 2. The third kappa shape index (κ3) is 2.71. The van der Waals surface area contributed by atoms with Crippen molar-refractivity contribution in [3.05, 3.63) is 42.3 Å². The summed E-state index contributed by atoms with van der Waals surface area (Å²) in [5, 5.41) is 12.4. The van der Waals surface area contributed by atoms with Crippen molar-refractivity contribution in [2.45, 2.75) is 0 Å². The summed E-state index contributed by atoms with van der Waals surface area (Å²) in [6.07, 6.45) is 1.24. The van der Waals surface area contributed by atoms with Crippen molar-refractivity contribution in [2.24, 2.45) is 0 Å². The number of amides is 1. The van der Waals surface area contributed by atoms with Crippen LogP contribution < -0.4 is 10.6 Å². The predicted octanol–water partition coefficient (Wildman–Crippen LogP) is 0.988. The third-order valence-electron chi connectivity index (χ3n) is 2.42. The fourth-order valence-electron chi connectivity index (χ4n) is 1.60. The van der Waals surface area contributed by atoms with Crippen molar-refractivity contribution < 1.29 is 19.2 Å². The molecule has 0 atom stereocenters. The molecule has 3 N–H and O–H groups in total. The minimum absolute atomic E-state index is 0.0181. The van der Waals surface area contributed by atoms with Gasteiger partial charge in [-0.1, -0.05) is 17.3 Å². The third-order valence-corrected chi connectivity index (χ3v) is 2.42. The topological polar surface area (TPSA) is 110 Å². The zero-order chi connectivity index (χ0) is 13.8. The highest BCUT2D eigenvalue weighted by atomic mass is 16.5. The smallest absolute Gasteiger partial charge is 0.323 e. The number of carboxylic acid groups (broad SMARTS) is 1. The Morgan fingerprint density at radius 3 is 2.63 bits per heavy atom. The van der Waals surface area contributed by atoms with Crippen LogP contribution in [0.5, 0.6) is 0 Å². The maximum Gasteiger partial charge on any atom is 0.323 e. The Hall–Kier alpha value is -2.83. The van der Waals surface area contributed by atoms with E-state index in [1.165, 1.54) is 12.3 Å². The Balaban J connectivity index is 2.39. The second-order valence-corrected chi connectivity index (χ2v) is 3.73. The van der Waals surface area contributed by atoms with Crippen LogP contribution in [-0.4, -0.2) is 28.7 Å². The molecule has 1 aromatic heterocycles. The van der Waals surface area contributed by atoms with Crippen LogP contribution in [0.25, 0.3) is 0 Å². The van der Waals surface area contributed by atoms with Gasteiger partial charge in [0, 0.05) is 6.07 Å². The predicted molar refractivity (Wildman–Crippen MR) is 66.7 cm³/mol. The number of carbonyl (C=O) groups excluding carboxylic acids is 1. The number of carboxylic acids is 1. The lowest BCUT2D eigenvalue weighted by molar-refractivity contribution is -0.135. The van der Waals surface area contributed by atoms with Gasteiger partial charge in [-0.05, 0) is 12.1 Å². The Morgan fingerprint density at radius 2 is 2.05 bits per heavy atom. The molecule has 1 aromatic carbocycles. The lowest BCUT2D eigenvalue weighted by Gasteiger charge is -2.21. The van der Waals surface area contributed by atoms with Crippen LogP contribution in [0.2, 0.25) is 0 Å². The van der Waals surface area contributed by atoms with Crippen LogP contribution in [0.15, 0.2) is 41.1 Å². The van der Waals surface area contributed by atoms with Gasteiger partial charge in [-0.3, -0.25) is 14.5 Å². The van der Waals surface area contributed by atoms with Crippen LogP contribution in [-0.2, 0) is 4.79 Å². The van der Waals surface area contributed by atoms with Gasteiger partial charge in [-0.15, -0.1) is 0 Å². The summed E-state index contributed by atoms with van der Waals surface area (Å²) in [4.78, 5) is 24.1. The normalized spacial score (nSPS) is 10.1. The van der Waals surface area contributed by atoms with E-state index in [4.69, 9.17) is 10.8 Å². The zero-order valence-corrected chi connectivity index (χ0v) is 9.81. The highest BCUT2D eigenvalue weighted by molar-refractivity contribution is 6.08. The lowest BCUT2D eigenvalue weighted by Crippen LogP contribution is -2.36. The van der Waals surface area contributed by atoms with E-state index < -0.39 is 18.4 Å². The summed E-state index contributed by atoms with van der Waals surface area (Å²) in [5.41, 5.74) is 6.40. The minimum atomic E-state index is -1.15. The van der Waals surface area contributed by atoms with Crippen molar-refractivity contribution in [1.82, 2.24) is 5.16 Å². The van der Waals surface area contributed by atoms with Crippen LogP contribution in [0.4, 0.5) is 11.4 Å². The van der Waals surface area contributed by atoms with Crippen molar-refractivity contribution >= 4 is 23.3 Å². The Morgan fingerprint density at radius 1 is 1.32 bits per heavy atom. The molecule has 0 aliphatic heterocycles. The molecule has 0 radical (unpaired) electrons. The number of aliphatic carboxylic acids is 1. The molecule has 2 aromatic rings. The van der Waals surface area contributed by atoms with E-state index >= 15 is 0 Å². The van der Waals surface area contributed by atoms with Crippen LogP contribution in [0.3, 0.4) is 0 Å². The van der Waals surface area contributed by atoms with Gasteiger partial charge in [-0.25, -0.2) is 0 Å². The molecule has 0 unspecified atom stereocenters. The Labute approximate surface area is 108 Å². The molecule has 0 fully saturated rings. The summed E-state index contributed by atoms with van der Waals surface area (Å²) in [5.74, 6) is -1.74. The van der Waals surface area contributed by atoms with E-state index in [1.54, 1.807) is 24.3 Å². The molecule has 1 amide bonds. The Kier molecular flexibility index (Phi) is 3.46. The highest BCUT2D eigenvalue weighted by Crippen LogP contribution is 2.23. The zero-order valence-electron chi connectivity index (χ0n) is 9.81. The molecule has 7 nitrogen and oxygen atoms in total. The number of rotatable bonds is 4. The van der Waals surface area contributed by atoms with Gasteiger partial charge >= 0.3 is 5.97 Å². The molecular weight excluding hydrogens is 250 g/mol. The molecule has 0 bridgehead atoms. The maximum absolute atomic E-state index is 12.2. The van der Waals surface area contributed by atoms with E-state index in [-0.39, 0.29) is 5.69 Å². The largest absolute Gasteiger partial charge is 0.480 e. The first-order chi connectivity index (χ1) is 9.09. The average molecular weight is 261 g/mol. The highest BCUT2D eigenvalue weighted by Gasteiger charge is 2.23. The number of benzene rings is 1. The molecule has 1 heterocycles. The average Bonchev–Trinajstić information content (AvgIpc) is 2.90. The molecule has 19 heavy (non-hydrogen) atoms. The van der Waals surface area contributed by atoms with Crippen LogP contribution >= 0.6 is 0 Å². The first kappa shape index (κ1) is 12.6. The number of nitrogens with two attached hydrogens (primary N) is 1. The molecule has 0 saturated heterocycles. The SMILES string of the molecule is Nc1ccccc1N(CC(=O)O)C(=O)c1ccon1. The monoisotopic (exact) mass is 261 g/mol. The molecule has 98 valence electrons. The van der Waals surface area contributed by atoms with E-state index in [1.807, 2.05) is 0 Å². The molecule has 0 spiro atoms. The van der Waals surface area contributed by atoms with Crippen molar-refractivity contribution in [3.63, 3.8) is 0 Å². The molecular formula is C12H11N3O4. The fraction of sp³-hybridized carbons (Fsp3) is 0.0833. The fourth-order valence-corrected chi connectivity index (χ4v) is 1.60. The van der Waals surface area contributed by atoms with E-state index in [0.29, 0.717) is 11.4 Å². The molecule has 0 saturated carbocycles. The van der Waals surface area contributed by atoms with Gasteiger partial charge in [-0.2, -0.15) is 0 Å². The van der Waals surface area contributed by atoms with Crippen LogP contribution in [0, 0.1) is 0 Å². The number of nitrogen functional groups attached to an aromatic ring is 1. The van der Waals surface area contributed by atoms with E-state index in [2.05, 4.69) is 9.68 Å². The number of hydrogen-bond donors (Lipinski definition) is 2. The van der Waals surface area contributed by atoms with E-state index in [9.17, 15) is 9.59 Å². The first-order valence-corrected chi connectivity index (χ1v) is 5.38. The van der Waals surface area contributed by atoms with E-state index in [0.717, 1.165) is 4.90 Å². The summed E-state index contributed by atoms with van der Waals surface area (Å²) >= 11 is 0. The van der Waals surface area contributed by atoms with Crippen LogP contribution in [0.1, 0.15) is 10.5 Å². The summed E-state index contributed by atoms with van der Waals surface area (Å²) in [6.45, 7) is -0.514. The van der Waals surface area contributed by atoms with Gasteiger partial charge in [0.05, 0.1) is 11.4 Å². The quantitative estimate of drug-likeness (QED) is 0.794. The van der Waals surface area contributed by atoms with Gasteiger partial charge in [0.25, 0.3) is 5.91 Å².